The van der Waals surface area contributed by atoms with Crippen LogP contribution in [0.1, 0.15) is 16.7 Å². The number of nitrogens with one attached hydrogen (secondary N) is 1. The fourth-order valence-electron chi connectivity index (χ4n) is 1.94. The largest absolute Gasteiger partial charge is 0.384 e. The molecule has 0 amide bonds. The third kappa shape index (κ3) is 2.71. The van der Waals surface area contributed by atoms with Crippen molar-refractivity contribution in [1.29, 1.82) is 5.41 Å². The first-order valence-corrected chi connectivity index (χ1v) is 6.69. The van der Waals surface area contributed by atoms with Crippen molar-refractivity contribution in [3.8, 4) is 0 Å². The predicted octanol–water partition coefficient (Wildman–Crippen LogP) is 2.98. The van der Waals surface area contributed by atoms with Crippen molar-refractivity contribution in [2.45, 2.75) is 13.5 Å². The summed E-state index contributed by atoms with van der Waals surface area (Å²) in [5.41, 5.74) is 9.83. The van der Waals surface area contributed by atoms with Gasteiger partial charge in [0.25, 0.3) is 0 Å². The molecule has 0 saturated heterocycles. The number of amidine groups is 1. The standard InChI is InChI=1S/C14H17N3S/c1-10-7-12(3-4-13(10)14(15)16)17(2)8-11-5-6-18-9-11/h3-7,9H,8H2,1-2H3,(H3,15,16). The van der Waals surface area contributed by atoms with Crippen LogP contribution in [0, 0.1) is 12.3 Å². The highest BCUT2D eigenvalue weighted by atomic mass is 32.1. The smallest absolute Gasteiger partial charge is 0.123 e. The summed E-state index contributed by atoms with van der Waals surface area (Å²) >= 11 is 1.71. The van der Waals surface area contributed by atoms with Gasteiger partial charge in [0.2, 0.25) is 0 Å². The van der Waals surface area contributed by atoms with E-state index >= 15 is 0 Å². The number of hydrogen-bond acceptors (Lipinski definition) is 3. The van der Waals surface area contributed by atoms with Gasteiger partial charge in [0.15, 0.2) is 0 Å². The first-order chi connectivity index (χ1) is 8.58. The van der Waals surface area contributed by atoms with E-state index in [2.05, 4.69) is 34.8 Å². The third-order valence-corrected chi connectivity index (χ3v) is 3.67. The molecule has 0 bridgehead atoms. The van der Waals surface area contributed by atoms with E-state index in [0.29, 0.717) is 0 Å². The van der Waals surface area contributed by atoms with Crippen LogP contribution < -0.4 is 10.6 Å². The van der Waals surface area contributed by atoms with Gasteiger partial charge in [0, 0.05) is 24.8 Å². The lowest BCUT2D eigenvalue weighted by molar-refractivity contribution is 0.926. The fourth-order valence-corrected chi connectivity index (χ4v) is 2.60. The number of rotatable bonds is 4. The molecule has 0 aliphatic heterocycles. The minimum Gasteiger partial charge on any atom is -0.384 e. The SMILES string of the molecule is Cc1cc(N(C)Cc2ccsc2)ccc1C(=N)N. The lowest BCUT2D eigenvalue weighted by Gasteiger charge is -2.20. The van der Waals surface area contributed by atoms with Gasteiger partial charge in [0.05, 0.1) is 0 Å². The van der Waals surface area contributed by atoms with Gasteiger partial charge < -0.3 is 10.6 Å². The molecule has 0 atom stereocenters. The summed E-state index contributed by atoms with van der Waals surface area (Å²) in [6.45, 7) is 2.88. The number of nitrogen functional groups attached to an aromatic ring is 1. The van der Waals surface area contributed by atoms with Gasteiger partial charge in [-0.2, -0.15) is 11.3 Å². The van der Waals surface area contributed by atoms with E-state index in [0.717, 1.165) is 23.4 Å². The highest BCUT2D eigenvalue weighted by Gasteiger charge is 2.06. The molecular weight excluding hydrogens is 242 g/mol. The molecule has 1 heterocycles. The highest BCUT2D eigenvalue weighted by Crippen LogP contribution is 2.20. The van der Waals surface area contributed by atoms with Crippen molar-refractivity contribution >= 4 is 22.9 Å². The Hall–Kier alpha value is -1.81. The number of hydrogen-bond donors (Lipinski definition) is 2. The molecule has 2 aromatic rings. The molecule has 0 aliphatic carbocycles. The van der Waals surface area contributed by atoms with Crippen LogP contribution in [0.2, 0.25) is 0 Å². The summed E-state index contributed by atoms with van der Waals surface area (Å²) in [6, 6.07) is 8.13. The second-order valence-corrected chi connectivity index (χ2v) is 5.18. The van der Waals surface area contributed by atoms with Gasteiger partial charge in [-0.1, -0.05) is 0 Å². The Morgan fingerprint density at radius 1 is 1.39 bits per heavy atom. The predicted molar refractivity (Wildman–Crippen MR) is 78.6 cm³/mol. The molecule has 3 N–H and O–H groups in total. The van der Waals surface area contributed by atoms with E-state index < -0.39 is 0 Å². The molecule has 1 aromatic carbocycles. The first-order valence-electron chi connectivity index (χ1n) is 5.75. The van der Waals surface area contributed by atoms with Gasteiger partial charge in [0.1, 0.15) is 5.84 Å². The maximum atomic E-state index is 7.48. The van der Waals surface area contributed by atoms with E-state index in [4.69, 9.17) is 11.1 Å². The van der Waals surface area contributed by atoms with E-state index in [-0.39, 0.29) is 5.84 Å². The van der Waals surface area contributed by atoms with E-state index in [1.54, 1.807) is 11.3 Å². The lowest BCUT2D eigenvalue weighted by atomic mass is 10.1. The quantitative estimate of drug-likeness (QED) is 0.655. The van der Waals surface area contributed by atoms with Crippen molar-refractivity contribution in [2.24, 2.45) is 5.73 Å². The maximum Gasteiger partial charge on any atom is 0.123 e. The van der Waals surface area contributed by atoms with Crippen LogP contribution in [0.15, 0.2) is 35.0 Å². The van der Waals surface area contributed by atoms with Gasteiger partial charge in [-0.15, -0.1) is 0 Å². The second-order valence-electron chi connectivity index (χ2n) is 4.40. The Kier molecular flexibility index (Phi) is 3.67. The summed E-state index contributed by atoms with van der Waals surface area (Å²) in [6.07, 6.45) is 0. The molecule has 4 heteroatoms. The average molecular weight is 259 g/mol. The second kappa shape index (κ2) is 5.23. The molecule has 1 aromatic heterocycles. The highest BCUT2D eigenvalue weighted by molar-refractivity contribution is 7.07. The number of anilines is 1. The first kappa shape index (κ1) is 12.6. The van der Waals surface area contributed by atoms with Crippen LogP contribution in [0.25, 0.3) is 0 Å². The topological polar surface area (TPSA) is 53.1 Å². The maximum absolute atomic E-state index is 7.48. The zero-order valence-corrected chi connectivity index (χ0v) is 11.4. The number of nitrogens with two attached hydrogens (primary N) is 1. The minimum absolute atomic E-state index is 0.125. The molecule has 0 saturated carbocycles. The number of thiophene rings is 1. The molecule has 0 aliphatic rings. The molecule has 0 fully saturated rings. The van der Waals surface area contributed by atoms with E-state index in [1.165, 1.54) is 5.56 Å². The molecule has 18 heavy (non-hydrogen) atoms. The Bertz CT molecular complexity index is 546. The minimum atomic E-state index is 0.125. The fraction of sp³-hybridized carbons (Fsp3) is 0.214. The number of aryl methyl sites for hydroxylation is 1. The number of benzene rings is 1. The summed E-state index contributed by atoms with van der Waals surface area (Å²) in [5, 5.41) is 11.7. The van der Waals surface area contributed by atoms with Gasteiger partial charge in [-0.3, -0.25) is 5.41 Å². The van der Waals surface area contributed by atoms with Crippen LogP contribution in [-0.2, 0) is 6.54 Å². The zero-order valence-electron chi connectivity index (χ0n) is 10.6. The van der Waals surface area contributed by atoms with E-state index in [9.17, 15) is 0 Å². The lowest BCUT2D eigenvalue weighted by Crippen LogP contribution is -2.17. The van der Waals surface area contributed by atoms with Crippen molar-refractivity contribution in [3.63, 3.8) is 0 Å². The van der Waals surface area contributed by atoms with Crippen LogP contribution in [0.3, 0.4) is 0 Å². The molecule has 94 valence electrons. The molecule has 3 nitrogen and oxygen atoms in total. The van der Waals surface area contributed by atoms with Crippen molar-refractivity contribution in [2.75, 3.05) is 11.9 Å². The Morgan fingerprint density at radius 2 is 2.17 bits per heavy atom. The summed E-state index contributed by atoms with van der Waals surface area (Å²) in [7, 11) is 2.07. The molecule has 2 rings (SSSR count). The zero-order chi connectivity index (χ0) is 13.1. The van der Waals surface area contributed by atoms with E-state index in [1.807, 2.05) is 19.1 Å². The summed E-state index contributed by atoms with van der Waals surface area (Å²) in [4.78, 5) is 2.19. The van der Waals surface area contributed by atoms with Crippen molar-refractivity contribution in [1.82, 2.24) is 0 Å². The van der Waals surface area contributed by atoms with Crippen LogP contribution in [0.4, 0.5) is 5.69 Å². The summed E-state index contributed by atoms with van der Waals surface area (Å²) < 4.78 is 0. The van der Waals surface area contributed by atoms with Crippen LogP contribution in [-0.4, -0.2) is 12.9 Å². The van der Waals surface area contributed by atoms with Gasteiger partial charge >= 0.3 is 0 Å². The molecule has 0 spiro atoms. The third-order valence-electron chi connectivity index (χ3n) is 2.94. The Labute approximate surface area is 111 Å². The van der Waals surface area contributed by atoms with Crippen molar-refractivity contribution < 1.29 is 0 Å². The normalized spacial score (nSPS) is 10.3. The van der Waals surface area contributed by atoms with Crippen LogP contribution in [0.5, 0.6) is 0 Å². The monoisotopic (exact) mass is 259 g/mol. The molecule has 0 unspecified atom stereocenters. The van der Waals surface area contributed by atoms with Crippen molar-refractivity contribution in [3.05, 3.63) is 51.7 Å². The summed E-state index contributed by atoms with van der Waals surface area (Å²) in [5.74, 6) is 0.125. The Balaban J connectivity index is 2.18. The Morgan fingerprint density at radius 3 is 2.72 bits per heavy atom. The van der Waals surface area contributed by atoms with Gasteiger partial charge in [-0.25, -0.2) is 0 Å². The molecule has 0 radical (unpaired) electrons. The number of nitrogens with zero attached hydrogens (tertiary/aromatic N) is 1. The molecular formula is C14H17N3S. The average Bonchev–Trinajstić information content (AvgIpc) is 2.81. The van der Waals surface area contributed by atoms with Crippen LogP contribution >= 0.6 is 11.3 Å². The van der Waals surface area contributed by atoms with Gasteiger partial charge in [-0.05, 0) is 53.1 Å².